The molecule has 2 nitrogen and oxygen atoms in total. The Kier molecular flexibility index (Phi) is 4.79. The minimum absolute atomic E-state index is 0.363. The second kappa shape index (κ2) is 6.48. The summed E-state index contributed by atoms with van der Waals surface area (Å²) >= 11 is 0. The molecule has 0 aliphatic heterocycles. The zero-order chi connectivity index (χ0) is 18.7. The third-order valence-electron chi connectivity index (χ3n) is 10.4. The van der Waals surface area contributed by atoms with Crippen molar-refractivity contribution in [3.05, 3.63) is 0 Å². The molecule has 4 rings (SSSR count). The fourth-order valence-electron chi connectivity index (χ4n) is 8.96. The van der Waals surface area contributed by atoms with E-state index in [2.05, 4.69) is 27.7 Å². The van der Waals surface area contributed by atoms with Crippen LogP contribution in [0.5, 0.6) is 0 Å². The molecule has 26 heavy (non-hydrogen) atoms. The van der Waals surface area contributed by atoms with E-state index in [9.17, 15) is 10.2 Å². The van der Waals surface area contributed by atoms with Gasteiger partial charge in [-0.2, -0.15) is 0 Å². The van der Waals surface area contributed by atoms with Gasteiger partial charge in [-0.25, -0.2) is 0 Å². The topological polar surface area (TPSA) is 40.5 Å². The number of fused-ring (bicyclic) bond motifs is 5. The Labute approximate surface area is 161 Å². The van der Waals surface area contributed by atoms with E-state index >= 15 is 0 Å². The Balaban J connectivity index is 1.61. The number of rotatable bonds is 3. The summed E-state index contributed by atoms with van der Waals surface area (Å²) in [5.41, 5.74) is 0.548. The van der Waals surface area contributed by atoms with Crippen LogP contribution in [0.1, 0.15) is 91.9 Å². The van der Waals surface area contributed by atoms with Crippen LogP contribution in [0, 0.1) is 46.3 Å². The first kappa shape index (κ1) is 19.2. The average molecular weight is 363 g/mol. The lowest BCUT2D eigenvalue weighted by atomic mass is 9.43. The van der Waals surface area contributed by atoms with E-state index < -0.39 is 5.60 Å². The summed E-state index contributed by atoms with van der Waals surface area (Å²) < 4.78 is 0. The highest BCUT2D eigenvalue weighted by atomic mass is 16.3. The number of aliphatic hydroxyl groups is 2. The van der Waals surface area contributed by atoms with Crippen molar-refractivity contribution in [3.8, 4) is 0 Å². The Morgan fingerprint density at radius 2 is 1.73 bits per heavy atom. The smallest absolute Gasteiger partial charge is 0.0622 e. The van der Waals surface area contributed by atoms with Gasteiger partial charge in [0.05, 0.1) is 5.60 Å². The molecule has 0 spiro atoms. The minimum Gasteiger partial charge on any atom is -0.396 e. The summed E-state index contributed by atoms with van der Waals surface area (Å²) in [6.45, 7) is 9.74. The molecular weight excluding hydrogens is 320 g/mol. The first-order valence-corrected chi connectivity index (χ1v) is 11.6. The number of hydrogen-bond acceptors (Lipinski definition) is 2. The Morgan fingerprint density at radius 1 is 0.962 bits per heavy atom. The molecule has 4 aliphatic rings. The average Bonchev–Trinajstić information content (AvgIpc) is 3.01. The molecule has 150 valence electrons. The van der Waals surface area contributed by atoms with E-state index in [-0.39, 0.29) is 0 Å². The highest BCUT2D eigenvalue weighted by Crippen LogP contribution is 2.69. The van der Waals surface area contributed by atoms with Gasteiger partial charge in [0.15, 0.2) is 0 Å². The van der Waals surface area contributed by atoms with Gasteiger partial charge in [0.2, 0.25) is 0 Å². The Hall–Kier alpha value is -0.0800. The van der Waals surface area contributed by atoms with Crippen LogP contribution in [-0.4, -0.2) is 22.4 Å². The van der Waals surface area contributed by atoms with Crippen LogP contribution in [-0.2, 0) is 0 Å². The molecule has 2 heteroatoms. The SMILES string of the molecule is CC[C@]12CC[C@H]3[C@@H](CC[C@@H]4C[C@](C)(O)CC[C@@]43C)[C@@H]1CC[C@@H]2[C@H](C)CO. The van der Waals surface area contributed by atoms with Gasteiger partial charge in [0.1, 0.15) is 0 Å². The van der Waals surface area contributed by atoms with Crippen LogP contribution in [0.4, 0.5) is 0 Å². The lowest BCUT2D eigenvalue weighted by molar-refractivity contribution is -0.152. The monoisotopic (exact) mass is 362 g/mol. The quantitative estimate of drug-likeness (QED) is 0.704. The van der Waals surface area contributed by atoms with Crippen molar-refractivity contribution in [2.24, 2.45) is 46.3 Å². The molecule has 0 unspecified atom stereocenters. The molecule has 0 aromatic rings. The second-order valence-electron chi connectivity index (χ2n) is 11.3. The molecule has 4 aliphatic carbocycles. The van der Waals surface area contributed by atoms with Gasteiger partial charge in [-0.05, 0) is 117 Å². The van der Waals surface area contributed by atoms with E-state index in [1.165, 1.54) is 51.4 Å². The molecule has 4 saturated carbocycles. The third kappa shape index (κ3) is 2.65. The van der Waals surface area contributed by atoms with Gasteiger partial charge in [0, 0.05) is 6.61 Å². The highest BCUT2D eigenvalue weighted by molar-refractivity contribution is 5.11. The van der Waals surface area contributed by atoms with Gasteiger partial charge >= 0.3 is 0 Å². The molecular formula is C24H42O2. The van der Waals surface area contributed by atoms with Gasteiger partial charge in [-0.15, -0.1) is 0 Å². The number of hydrogen-bond donors (Lipinski definition) is 2. The van der Waals surface area contributed by atoms with Crippen LogP contribution in [0.2, 0.25) is 0 Å². The summed E-state index contributed by atoms with van der Waals surface area (Å²) in [4.78, 5) is 0. The Morgan fingerprint density at radius 3 is 2.42 bits per heavy atom. The van der Waals surface area contributed by atoms with Gasteiger partial charge in [-0.1, -0.05) is 20.8 Å². The zero-order valence-electron chi connectivity index (χ0n) is 17.6. The molecule has 0 aromatic carbocycles. The summed E-state index contributed by atoms with van der Waals surface area (Å²) in [5, 5.41) is 20.5. The van der Waals surface area contributed by atoms with Gasteiger partial charge in [0.25, 0.3) is 0 Å². The van der Waals surface area contributed by atoms with Crippen molar-refractivity contribution in [3.63, 3.8) is 0 Å². The predicted molar refractivity (Wildman–Crippen MR) is 107 cm³/mol. The van der Waals surface area contributed by atoms with Gasteiger partial charge < -0.3 is 10.2 Å². The highest BCUT2D eigenvalue weighted by Gasteiger charge is 2.62. The maximum absolute atomic E-state index is 10.7. The van der Waals surface area contributed by atoms with Crippen molar-refractivity contribution in [1.82, 2.24) is 0 Å². The van der Waals surface area contributed by atoms with Crippen LogP contribution in [0.15, 0.2) is 0 Å². The lowest BCUT2D eigenvalue weighted by Gasteiger charge is -2.62. The molecule has 0 heterocycles. The maximum Gasteiger partial charge on any atom is 0.0622 e. The zero-order valence-corrected chi connectivity index (χ0v) is 17.6. The molecule has 2 N–H and O–H groups in total. The van der Waals surface area contributed by atoms with E-state index in [1.54, 1.807) is 0 Å². The number of aliphatic hydroxyl groups excluding tert-OH is 1. The van der Waals surface area contributed by atoms with E-state index in [4.69, 9.17) is 0 Å². The molecule has 0 bridgehead atoms. The maximum atomic E-state index is 10.7. The Bertz CT molecular complexity index is 528. The molecule has 0 aromatic heterocycles. The molecule has 4 fully saturated rings. The van der Waals surface area contributed by atoms with Crippen molar-refractivity contribution in [2.75, 3.05) is 6.61 Å². The second-order valence-corrected chi connectivity index (χ2v) is 11.3. The standard InChI is InChI=1S/C24H42O2/c1-5-24-11-10-20-18(21(24)9-8-19(24)16(2)15-25)7-6-17-14-22(3,26)12-13-23(17,20)4/h16-21,25-26H,5-15H2,1-4H3/t16-,17-,18-,19-,20+,21+,22-,23+,24-/m1/s1. The fraction of sp³-hybridized carbons (Fsp3) is 1.00. The van der Waals surface area contributed by atoms with Crippen molar-refractivity contribution in [1.29, 1.82) is 0 Å². The van der Waals surface area contributed by atoms with Crippen molar-refractivity contribution >= 4 is 0 Å². The normalized spacial score (nSPS) is 54.9. The first-order valence-electron chi connectivity index (χ1n) is 11.6. The van der Waals surface area contributed by atoms with E-state index in [0.717, 1.165) is 42.4 Å². The van der Waals surface area contributed by atoms with Crippen molar-refractivity contribution in [2.45, 2.75) is 97.5 Å². The van der Waals surface area contributed by atoms with Gasteiger partial charge in [-0.3, -0.25) is 0 Å². The minimum atomic E-state index is -0.423. The molecule has 0 amide bonds. The van der Waals surface area contributed by atoms with Crippen LogP contribution in [0.3, 0.4) is 0 Å². The van der Waals surface area contributed by atoms with Crippen LogP contribution >= 0.6 is 0 Å². The summed E-state index contributed by atoms with van der Waals surface area (Å²) in [5.74, 6) is 4.61. The largest absolute Gasteiger partial charge is 0.396 e. The van der Waals surface area contributed by atoms with E-state index in [0.29, 0.717) is 23.4 Å². The van der Waals surface area contributed by atoms with E-state index in [1.807, 2.05) is 0 Å². The predicted octanol–water partition coefficient (Wildman–Crippen LogP) is 5.41. The summed E-state index contributed by atoms with van der Waals surface area (Å²) in [6.07, 6.45) is 12.8. The molecule has 0 radical (unpaired) electrons. The van der Waals surface area contributed by atoms with Crippen LogP contribution < -0.4 is 0 Å². The summed E-state index contributed by atoms with van der Waals surface area (Å²) in [6, 6.07) is 0. The molecule has 0 saturated heterocycles. The van der Waals surface area contributed by atoms with Crippen LogP contribution in [0.25, 0.3) is 0 Å². The molecule has 9 atom stereocenters. The first-order chi connectivity index (χ1) is 12.3. The van der Waals surface area contributed by atoms with Crippen molar-refractivity contribution < 1.29 is 10.2 Å². The lowest BCUT2D eigenvalue weighted by Crippen LogP contribution is -2.56. The summed E-state index contributed by atoms with van der Waals surface area (Å²) in [7, 11) is 0. The third-order valence-corrected chi connectivity index (χ3v) is 10.4. The fourth-order valence-corrected chi connectivity index (χ4v) is 8.96.